The highest BCUT2D eigenvalue weighted by Crippen LogP contribution is 2.25. The van der Waals surface area contributed by atoms with Crippen molar-refractivity contribution in [2.45, 2.75) is 44.9 Å². The van der Waals surface area contributed by atoms with Crippen LogP contribution in [0.2, 0.25) is 0 Å². The first kappa shape index (κ1) is 15.2. The van der Waals surface area contributed by atoms with Gasteiger partial charge in [-0.3, -0.25) is 19.7 Å². The van der Waals surface area contributed by atoms with Gasteiger partial charge in [0.2, 0.25) is 17.7 Å². The van der Waals surface area contributed by atoms with E-state index in [4.69, 9.17) is 0 Å². The van der Waals surface area contributed by atoms with E-state index in [-0.39, 0.29) is 23.6 Å². The van der Waals surface area contributed by atoms with E-state index in [1.165, 1.54) is 0 Å². The first-order valence-electron chi connectivity index (χ1n) is 7.33. The first-order chi connectivity index (χ1) is 10.1. The Labute approximate surface area is 124 Å². The standard InChI is InChI=1S/C16H20N2O3/c1-2-3-4-14(19)17-12-7-5-11(6-8-12)13-9-10-15(20)18-16(13)21/h5-8,13H,2-4,9-10H2,1H3,(H,17,19)(H,18,20,21). The molecule has 0 radical (unpaired) electrons. The number of nitrogens with one attached hydrogen (secondary N) is 2. The molecule has 0 spiro atoms. The predicted molar refractivity (Wildman–Crippen MR) is 79.7 cm³/mol. The summed E-state index contributed by atoms with van der Waals surface area (Å²) in [4.78, 5) is 34.6. The van der Waals surface area contributed by atoms with Crippen molar-refractivity contribution in [1.82, 2.24) is 5.32 Å². The number of carbonyl (C=O) groups excluding carboxylic acids is 3. The van der Waals surface area contributed by atoms with Gasteiger partial charge in [-0.05, 0) is 30.5 Å². The van der Waals surface area contributed by atoms with Gasteiger partial charge >= 0.3 is 0 Å². The Morgan fingerprint density at radius 1 is 1.29 bits per heavy atom. The van der Waals surface area contributed by atoms with Crippen LogP contribution in [0.5, 0.6) is 0 Å². The van der Waals surface area contributed by atoms with Crippen LogP contribution >= 0.6 is 0 Å². The van der Waals surface area contributed by atoms with Crippen LogP contribution in [0.25, 0.3) is 0 Å². The SMILES string of the molecule is CCCCC(=O)Nc1ccc(C2CCC(=O)NC2=O)cc1. The molecule has 2 rings (SSSR count). The molecule has 3 amide bonds. The molecule has 1 aliphatic rings. The van der Waals surface area contributed by atoms with Crippen LogP contribution < -0.4 is 10.6 Å². The van der Waals surface area contributed by atoms with Crippen LogP contribution in [0.1, 0.15) is 50.5 Å². The van der Waals surface area contributed by atoms with Crippen molar-refractivity contribution >= 4 is 23.4 Å². The summed E-state index contributed by atoms with van der Waals surface area (Å²) in [6.45, 7) is 2.04. The summed E-state index contributed by atoms with van der Waals surface area (Å²) in [7, 11) is 0. The Morgan fingerprint density at radius 2 is 2.00 bits per heavy atom. The second kappa shape index (κ2) is 7.02. The van der Waals surface area contributed by atoms with Crippen LogP contribution in [0.3, 0.4) is 0 Å². The van der Waals surface area contributed by atoms with Crippen molar-refractivity contribution in [3.63, 3.8) is 0 Å². The van der Waals surface area contributed by atoms with Crippen molar-refractivity contribution in [3.05, 3.63) is 29.8 Å². The molecule has 21 heavy (non-hydrogen) atoms. The minimum absolute atomic E-state index is 0.00519. The van der Waals surface area contributed by atoms with Crippen LogP contribution in [0, 0.1) is 0 Å². The normalized spacial score (nSPS) is 18.2. The lowest BCUT2D eigenvalue weighted by molar-refractivity contribution is -0.134. The van der Waals surface area contributed by atoms with Crippen molar-refractivity contribution in [2.75, 3.05) is 5.32 Å². The van der Waals surface area contributed by atoms with Crippen molar-refractivity contribution in [2.24, 2.45) is 0 Å². The summed E-state index contributed by atoms with van der Waals surface area (Å²) in [6.07, 6.45) is 3.28. The molecule has 5 nitrogen and oxygen atoms in total. The number of rotatable bonds is 5. The molecule has 1 atom stereocenters. The van der Waals surface area contributed by atoms with Gasteiger partial charge in [0.15, 0.2) is 0 Å². The van der Waals surface area contributed by atoms with E-state index in [0.29, 0.717) is 19.3 Å². The lowest BCUT2D eigenvalue weighted by atomic mass is 9.90. The summed E-state index contributed by atoms with van der Waals surface area (Å²) in [6, 6.07) is 7.25. The number of amides is 3. The Bertz CT molecular complexity index is 537. The zero-order valence-corrected chi connectivity index (χ0v) is 12.1. The van der Waals surface area contributed by atoms with Gasteiger partial charge < -0.3 is 5.32 Å². The molecule has 0 bridgehead atoms. The smallest absolute Gasteiger partial charge is 0.234 e. The Balaban J connectivity index is 1.97. The first-order valence-corrected chi connectivity index (χ1v) is 7.33. The number of hydrogen-bond donors (Lipinski definition) is 2. The van der Waals surface area contributed by atoms with Crippen LogP contribution in [0.4, 0.5) is 5.69 Å². The topological polar surface area (TPSA) is 75.3 Å². The Morgan fingerprint density at radius 3 is 2.62 bits per heavy atom. The second-order valence-electron chi connectivity index (χ2n) is 5.28. The third kappa shape index (κ3) is 4.15. The number of benzene rings is 1. The van der Waals surface area contributed by atoms with Crippen molar-refractivity contribution in [3.8, 4) is 0 Å². The molecule has 0 aromatic heterocycles. The monoisotopic (exact) mass is 288 g/mol. The molecule has 5 heteroatoms. The fraction of sp³-hybridized carbons (Fsp3) is 0.438. The van der Waals surface area contributed by atoms with Crippen LogP contribution in [0.15, 0.2) is 24.3 Å². The van der Waals surface area contributed by atoms with E-state index in [1.54, 1.807) is 12.1 Å². The van der Waals surface area contributed by atoms with Gasteiger partial charge in [-0.2, -0.15) is 0 Å². The molecule has 2 N–H and O–H groups in total. The third-order valence-electron chi connectivity index (χ3n) is 3.59. The van der Waals surface area contributed by atoms with Gasteiger partial charge in [0.1, 0.15) is 0 Å². The van der Waals surface area contributed by atoms with Crippen molar-refractivity contribution in [1.29, 1.82) is 0 Å². The molecule has 0 saturated carbocycles. The average molecular weight is 288 g/mol. The second-order valence-corrected chi connectivity index (χ2v) is 5.28. The molecule has 1 heterocycles. The number of unbranched alkanes of at least 4 members (excludes halogenated alkanes) is 1. The fourth-order valence-corrected chi connectivity index (χ4v) is 2.37. The molecular formula is C16H20N2O3. The van der Waals surface area contributed by atoms with E-state index in [2.05, 4.69) is 10.6 Å². The molecule has 1 aliphatic heterocycles. The summed E-state index contributed by atoms with van der Waals surface area (Å²) in [5.41, 5.74) is 1.60. The molecule has 112 valence electrons. The highest BCUT2D eigenvalue weighted by atomic mass is 16.2. The van der Waals surface area contributed by atoms with E-state index in [0.717, 1.165) is 24.1 Å². The summed E-state index contributed by atoms with van der Waals surface area (Å²) < 4.78 is 0. The van der Waals surface area contributed by atoms with E-state index in [1.807, 2.05) is 19.1 Å². The van der Waals surface area contributed by atoms with Crippen LogP contribution in [-0.4, -0.2) is 17.7 Å². The molecule has 1 unspecified atom stereocenters. The summed E-state index contributed by atoms with van der Waals surface area (Å²) >= 11 is 0. The quantitative estimate of drug-likeness (QED) is 0.817. The lowest BCUT2D eigenvalue weighted by Crippen LogP contribution is -2.39. The number of piperidine rings is 1. The minimum atomic E-state index is -0.285. The molecule has 1 aromatic rings. The zero-order valence-electron chi connectivity index (χ0n) is 12.1. The summed E-state index contributed by atoms with van der Waals surface area (Å²) in [5, 5.41) is 5.18. The van der Waals surface area contributed by atoms with E-state index >= 15 is 0 Å². The fourth-order valence-electron chi connectivity index (χ4n) is 2.37. The average Bonchev–Trinajstić information content (AvgIpc) is 2.46. The highest BCUT2D eigenvalue weighted by Gasteiger charge is 2.27. The molecule has 1 fully saturated rings. The minimum Gasteiger partial charge on any atom is -0.326 e. The summed E-state index contributed by atoms with van der Waals surface area (Å²) in [5.74, 6) is -0.736. The number of anilines is 1. The maximum absolute atomic E-state index is 11.8. The Hall–Kier alpha value is -2.17. The molecule has 0 aliphatic carbocycles. The maximum Gasteiger partial charge on any atom is 0.234 e. The number of hydrogen-bond acceptors (Lipinski definition) is 3. The molecule has 1 aromatic carbocycles. The van der Waals surface area contributed by atoms with Gasteiger partial charge in [-0.15, -0.1) is 0 Å². The highest BCUT2D eigenvalue weighted by molar-refractivity contribution is 6.01. The molecule has 1 saturated heterocycles. The Kier molecular flexibility index (Phi) is 5.09. The largest absolute Gasteiger partial charge is 0.326 e. The van der Waals surface area contributed by atoms with Gasteiger partial charge in [-0.1, -0.05) is 25.5 Å². The number of imide groups is 1. The van der Waals surface area contributed by atoms with Crippen LogP contribution in [-0.2, 0) is 14.4 Å². The number of carbonyl (C=O) groups is 3. The van der Waals surface area contributed by atoms with Gasteiger partial charge in [-0.25, -0.2) is 0 Å². The van der Waals surface area contributed by atoms with Gasteiger partial charge in [0.05, 0.1) is 5.92 Å². The predicted octanol–water partition coefficient (Wildman–Crippen LogP) is 2.34. The zero-order chi connectivity index (χ0) is 15.2. The van der Waals surface area contributed by atoms with E-state index < -0.39 is 0 Å². The van der Waals surface area contributed by atoms with Crippen molar-refractivity contribution < 1.29 is 14.4 Å². The maximum atomic E-state index is 11.8. The third-order valence-corrected chi connectivity index (χ3v) is 3.59. The van der Waals surface area contributed by atoms with E-state index in [9.17, 15) is 14.4 Å². The van der Waals surface area contributed by atoms with Gasteiger partial charge in [0.25, 0.3) is 0 Å². The molecular weight excluding hydrogens is 268 g/mol. The lowest BCUT2D eigenvalue weighted by Gasteiger charge is -2.21. The van der Waals surface area contributed by atoms with Gasteiger partial charge in [0, 0.05) is 18.5 Å².